The van der Waals surface area contributed by atoms with Crippen LogP contribution in [0.3, 0.4) is 0 Å². The zero-order valence-electron chi connectivity index (χ0n) is 8.36. The molecule has 1 aliphatic heterocycles. The van der Waals surface area contributed by atoms with Gasteiger partial charge in [-0.25, -0.2) is 4.79 Å². The van der Waals surface area contributed by atoms with Crippen LogP contribution < -0.4 is 10.2 Å². The summed E-state index contributed by atoms with van der Waals surface area (Å²) in [4.78, 5) is 12.8. The van der Waals surface area contributed by atoms with Crippen LogP contribution in [0.15, 0.2) is 18.2 Å². The van der Waals surface area contributed by atoms with Crippen molar-refractivity contribution < 1.29 is 9.90 Å². The van der Waals surface area contributed by atoms with Gasteiger partial charge in [0.25, 0.3) is 0 Å². The predicted octanol–water partition coefficient (Wildman–Crippen LogP) is 1.67. The Kier molecular flexibility index (Phi) is 3.42. The Morgan fingerprint density at radius 1 is 1.53 bits per heavy atom. The van der Waals surface area contributed by atoms with Crippen molar-refractivity contribution >= 4 is 29.8 Å². The molecule has 0 aromatic heterocycles. The van der Waals surface area contributed by atoms with Crippen molar-refractivity contribution in [3.05, 3.63) is 23.8 Å². The van der Waals surface area contributed by atoms with Gasteiger partial charge in [0.1, 0.15) is 0 Å². The van der Waals surface area contributed by atoms with Crippen LogP contribution in [-0.2, 0) is 0 Å². The van der Waals surface area contributed by atoms with Crippen molar-refractivity contribution in [3.63, 3.8) is 0 Å². The standard InChI is InChI=1S/C10H12N2O2.ClH/c1-12-5-4-11-8-6-7(10(13)14)2-3-9(8)12;/h2-3,6,11H,4-5H2,1H3,(H,13,14);1H. The highest BCUT2D eigenvalue weighted by molar-refractivity contribution is 5.91. The van der Waals surface area contributed by atoms with E-state index in [1.165, 1.54) is 0 Å². The van der Waals surface area contributed by atoms with Crippen molar-refractivity contribution in [1.82, 2.24) is 0 Å². The van der Waals surface area contributed by atoms with Gasteiger partial charge in [0.15, 0.2) is 0 Å². The number of nitrogens with one attached hydrogen (secondary N) is 1. The molecule has 0 amide bonds. The highest BCUT2D eigenvalue weighted by Gasteiger charge is 2.14. The van der Waals surface area contributed by atoms with Gasteiger partial charge in [-0.1, -0.05) is 0 Å². The van der Waals surface area contributed by atoms with E-state index < -0.39 is 5.97 Å². The van der Waals surface area contributed by atoms with Crippen LogP contribution in [0.4, 0.5) is 11.4 Å². The normalized spacial score (nSPS) is 13.5. The fourth-order valence-electron chi connectivity index (χ4n) is 1.62. The zero-order valence-corrected chi connectivity index (χ0v) is 9.17. The van der Waals surface area contributed by atoms with E-state index in [9.17, 15) is 4.79 Å². The summed E-state index contributed by atoms with van der Waals surface area (Å²) in [6.45, 7) is 1.80. The SMILES string of the molecule is CN1CCNc2cc(C(=O)O)ccc21.Cl. The minimum absolute atomic E-state index is 0. The molecule has 82 valence electrons. The van der Waals surface area contributed by atoms with Crippen LogP contribution in [0.5, 0.6) is 0 Å². The number of benzene rings is 1. The lowest BCUT2D eigenvalue weighted by Gasteiger charge is -2.28. The van der Waals surface area contributed by atoms with Crippen molar-refractivity contribution in [1.29, 1.82) is 0 Å². The van der Waals surface area contributed by atoms with E-state index in [2.05, 4.69) is 10.2 Å². The van der Waals surface area contributed by atoms with Gasteiger partial charge in [-0.2, -0.15) is 0 Å². The van der Waals surface area contributed by atoms with E-state index in [1.807, 2.05) is 13.1 Å². The van der Waals surface area contributed by atoms with Gasteiger partial charge in [-0.05, 0) is 18.2 Å². The van der Waals surface area contributed by atoms with Crippen molar-refractivity contribution in [3.8, 4) is 0 Å². The number of halogens is 1. The van der Waals surface area contributed by atoms with E-state index in [4.69, 9.17) is 5.11 Å². The average Bonchev–Trinajstić information content (AvgIpc) is 2.17. The third-order valence-electron chi connectivity index (χ3n) is 2.42. The number of likely N-dealkylation sites (N-methyl/N-ethyl adjacent to an activating group) is 1. The molecule has 0 atom stereocenters. The van der Waals surface area contributed by atoms with Gasteiger partial charge in [-0.3, -0.25) is 0 Å². The number of hydrogen-bond acceptors (Lipinski definition) is 3. The Morgan fingerprint density at radius 2 is 2.27 bits per heavy atom. The molecule has 2 N–H and O–H groups in total. The fourth-order valence-corrected chi connectivity index (χ4v) is 1.62. The highest BCUT2D eigenvalue weighted by atomic mass is 35.5. The Labute approximate surface area is 94.3 Å². The first-order valence-electron chi connectivity index (χ1n) is 4.51. The maximum absolute atomic E-state index is 10.7. The monoisotopic (exact) mass is 228 g/mol. The number of hydrogen-bond donors (Lipinski definition) is 2. The molecule has 1 aliphatic rings. The van der Waals surface area contributed by atoms with Crippen molar-refractivity contribution in [2.24, 2.45) is 0 Å². The van der Waals surface area contributed by atoms with Gasteiger partial charge in [0.05, 0.1) is 16.9 Å². The first kappa shape index (κ1) is 11.7. The number of carboxylic acids is 1. The van der Waals surface area contributed by atoms with Gasteiger partial charge >= 0.3 is 5.97 Å². The molecule has 0 spiro atoms. The number of carboxylic acid groups (broad SMARTS) is 1. The van der Waals surface area contributed by atoms with E-state index in [0.717, 1.165) is 24.5 Å². The molecule has 0 aliphatic carbocycles. The molecule has 0 fully saturated rings. The average molecular weight is 229 g/mol. The van der Waals surface area contributed by atoms with Crippen LogP contribution in [0.1, 0.15) is 10.4 Å². The number of carbonyl (C=O) groups is 1. The largest absolute Gasteiger partial charge is 0.478 e. The number of anilines is 2. The number of fused-ring (bicyclic) bond motifs is 1. The first-order valence-corrected chi connectivity index (χ1v) is 4.51. The first-order chi connectivity index (χ1) is 6.68. The molecule has 1 aromatic rings. The molecule has 2 rings (SSSR count). The summed E-state index contributed by atoms with van der Waals surface area (Å²) in [5.41, 5.74) is 2.28. The predicted molar refractivity (Wildman–Crippen MR) is 62.4 cm³/mol. The maximum atomic E-state index is 10.7. The van der Waals surface area contributed by atoms with Gasteiger partial charge in [-0.15, -0.1) is 12.4 Å². The molecule has 15 heavy (non-hydrogen) atoms. The lowest BCUT2D eigenvalue weighted by molar-refractivity contribution is 0.0697. The quantitative estimate of drug-likeness (QED) is 0.768. The summed E-state index contributed by atoms with van der Waals surface area (Å²) in [7, 11) is 2.00. The molecule has 5 heteroatoms. The summed E-state index contributed by atoms with van der Waals surface area (Å²) in [6.07, 6.45) is 0. The highest BCUT2D eigenvalue weighted by Crippen LogP contribution is 2.28. The summed E-state index contributed by atoms with van der Waals surface area (Å²) in [5, 5.41) is 12.0. The van der Waals surface area contributed by atoms with Crippen LogP contribution in [0.2, 0.25) is 0 Å². The Bertz CT molecular complexity index is 382. The van der Waals surface area contributed by atoms with Crippen LogP contribution in [0.25, 0.3) is 0 Å². The lowest BCUT2D eigenvalue weighted by atomic mass is 10.1. The topological polar surface area (TPSA) is 52.6 Å². The Balaban J connectivity index is 0.00000112. The smallest absolute Gasteiger partial charge is 0.335 e. The minimum atomic E-state index is -0.886. The summed E-state index contributed by atoms with van der Waals surface area (Å²) in [6, 6.07) is 5.14. The molecular formula is C10H13ClN2O2. The minimum Gasteiger partial charge on any atom is -0.478 e. The van der Waals surface area contributed by atoms with E-state index >= 15 is 0 Å². The molecule has 0 saturated heterocycles. The third kappa shape index (κ3) is 2.15. The molecule has 0 saturated carbocycles. The second-order valence-electron chi connectivity index (χ2n) is 3.39. The second kappa shape index (κ2) is 4.40. The Hall–Kier alpha value is -1.42. The van der Waals surface area contributed by atoms with Crippen LogP contribution in [0, 0.1) is 0 Å². The van der Waals surface area contributed by atoms with E-state index in [0.29, 0.717) is 5.56 Å². The molecule has 0 radical (unpaired) electrons. The van der Waals surface area contributed by atoms with Crippen molar-refractivity contribution in [2.75, 3.05) is 30.4 Å². The van der Waals surface area contributed by atoms with Gasteiger partial charge in [0.2, 0.25) is 0 Å². The van der Waals surface area contributed by atoms with Crippen molar-refractivity contribution in [2.45, 2.75) is 0 Å². The van der Waals surface area contributed by atoms with Crippen LogP contribution in [-0.4, -0.2) is 31.2 Å². The van der Waals surface area contributed by atoms with E-state index in [-0.39, 0.29) is 12.4 Å². The number of aromatic carboxylic acids is 1. The second-order valence-corrected chi connectivity index (χ2v) is 3.39. The number of nitrogens with zero attached hydrogens (tertiary/aromatic N) is 1. The Morgan fingerprint density at radius 3 is 2.93 bits per heavy atom. The van der Waals surface area contributed by atoms with Gasteiger partial charge in [0, 0.05) is 20.1 Å². The van der Waals surface area contributed by atoms with E-state index in [1.54, 1.807) is 12.1 Å². The molecule has 4 nitrogen and oxygen atoms in total. The number of rotatable bonds is 1. The summed E-state index contributed by atoms with van der Waals surface area (Å²) >= 11 is 0. The maximum Gasteiger partial charge on any atom is 0.335 e. The molecule has 0 unspecified atom stereocenters. The fraction of sp³-hybridized carbons (Fsp3) is 0.300. The molecule has 1 heterocycles. The summed E-state index contributed by atoms with van der Waals surface area (Å²) < 4.78 is 0. The summed E-state index contributed by atoms with van der Waals surface area (Å²) in [5.74, 6) is -0.886. The zero-order chi connectivity index (χ0) is 10.1. The lowest BCUT2D eigenvalue weighted by Crippen LogP contribution is -2.30. The molecule has 0 bridgehead atoms. The molecule has 1 aromatic carbocycles. The third-order valence-corrected chi connectivity index (χ3v) is 2.42. The van der Waals surface area contributed by atoms with Gasteiger partial charge < -0.3 is 15.3 Å². The van der Waals surface area contributed by atoms with Crippen LogP contribution >= 0.6 is 12.4 Å². The molecular weight excluding hydrogens is 216 g/mol.